The Morgan fingerprint density at radius 3 is 2.89 bits per heavy atom. The number of nitrogens with one attached hydrogen (secondary N) is 2. The fraction of sp³-hybridized carbons (Fsp3) is 0.692. The number of carbonyl (C=O) groups excluding carboxylic acids is 1. The van der Waals surface area contributed by atoms with Gasteiger partial charge >= 0.3 is 0 Å². The van der Waals surface area contributed by atoms with Gasteiger partial charge in [0.15, 0.2) is 5.13 Å². The smallest absolute Gasteiger partial charge is 0.234 e. The molecule has 0 atom stereocenters. The fourth-order valence-electron chi connectivity index (χ4n) is 2.38. The molecular formula is C13H21N3O2S. The number of hydrogen-bond acceptors (Lipinski definition) is 5. The minimum absolute atomic E-state index is 0.0350. The Balaban J connectivity index is 2.06. The molecule has 19 heavy (non-hydrogen) atoms. The third-order valence-electron chi connectivity index (χ3n) is 3.59. The third kappa shape index (κ3) is 3.32. The zero-order valence-corrected chi connectivity index (χ0v) is 12.3. The molecule has 0 aromatic carbocycles. The number of methoxy groups -OCH3 is 1. The van der Waals surface area contributed by atoms with E-state index in [0.29, 0.717) is 11.7 Å². The summed E-state index contributed by atoms with van der Waals surface area (Å²) < 4.78 is 5.26. The maximum atomic E-state index is 12.5. The van der Waals surface area contributed by atoms with Crippen LogP contribution in [0.3, 0.4) is 0 Å². The lowest BCUT2D eigenvalue weighted by molar-refractivity contribution is -0.130. The SMILES string of the molecule is CCc1cnc(NC(=O)C2(COC)CCNCC2)s1. The molecule has 1 amide bonds. The standard InChI is InChI=1S/C13H21N3O2S/c1-3-10-8-15-12(19-10)16-11(17)13(9-18-2)4-6-14-7-5-13/h8,14H,3-7,9H2,1-2H3,(H,15,16,17). The van der Waals surface area contributed by atoms with E-state index >= 15 is 0 Å². The van der Waals surface area contributed by atoms with Gasteiger partial charge in [0, 0.05) is 18.2 Å². The van der Waals surface area contributed by atoms with Crippen LogP contribution < -0.4 is 10.6 Å². The normalized spacial score (nSPS) is 18.2. The number of hydrogen-bond donors (Lipinski definition) is 2. The van der Waals surface area contributed by atoms with E-state index in [0.717, 1.165) is 32.4 Å². The average Bonchev–Trinajstić information content (AvgIpc) is 2.88. The number of aryl methyl sites for hydroxylation is 1. The highest BCUT2D eigenvalue weighted by atomic mass is 32.1. The zero-order chi connectivity index (χ0) is 13.7. The van der Waals surface area contributed by atoms with E-state index in [4.69, 9.17) is 4.74 Å². The lowest BCUT2D eigenvalue weighted by atomic mass is 9.79. The molecule has 2 heterocycles. The molecule has 1 aliphatic rings. The molecule has 1 aromatic heterocycles. The second-order valence-electron chi connectivity index (χ2n) is 4.90. The van der Waals surface area contributed by atoms with Crippen molar-refractivity contribution in [2.45, 2.75) is 26.2 Å². The Morgan fingerprint density at radius 1 is 1.58 bits per heavy atom. The number of ether oxygens (including phenoxy) is 1. The van der Waals surface area contributed by atoms with Gasteiger partial charge in [0.05, 0.1) is 12.0 Å². The summed E-state index contributed by atoms with van der Waals surface area (Å²) >= 11 is 1.54. The molecule has 0 spiro atoms. The Kier molecular flexibility index (Phi) is 4.90. The minimum Gasteiger partial charge on any atom is -0.384 e. The first-order valence-electron chi connectivity index (χ1n) is 6.66. The number of thiazole rings is 1. The molecule has 0 unspecified atom stereocenters. The topological polar surface area (TPSA) is 63.2 Å². The molecule has 2 rings (SSSR count). The summed E-state index contributed by atoms with van der Waals surface area (Å²) in [5.74, 6) is 0.0350. The molecular weight excluding hydrogens is 262 g/mol. The summed E-state index contributed by atoms with van der Waals surface area (Å²) in [6, 6.07) is 0. The highest BCUT2D eigenvalue weighted by molar-refractivity contribution is 7.15. The van der Waals surface area contributed by atoms with Crippen LogP contribution in [0.5, 0.6) is 0 Å². The van der Waals surface area contributed by atoms with E-state index in [1.165, 1.54) is 4.88 Å². The lowest BCUT2D eigenvalue weighted by Crippen LogP contribution is -2.47. The quantitative estimate of drug-likeness (QED) is 0.862. The van der Waals surface area contributed by atoms with Crippen LogP contribution in [0.2, 0.25) is 0 Å². The van der Waals surface area contributed by atoms with Crippen LogP contribution in [0.25, 0.3) is 0 Å². The summed E-state index contributed by atoms with van der Waals surface area (Å²) in [5, 5.41) is 6.92. The summed E-state index contributed by atoms with van der Waals surface area (Å²) in [5.41, 5.74) is -0.419. The van der Waals surface area contributed by atoms with Gasteiger partial charge in [-0.25, -0.2) is 4.98 Å². The van der Waals surface area contributed by atoms with Gasteiger partial charge in [-0.05, 0) is 32.4 Å². The van der Waals surface area contributed by atoms with E-state index in [9.17, 15) is 4.79 Å². The van der Waals surface area contributed by atoms with Crippen molar-refractivity contribution in [1.82, 2.24) is 10.3 Å². The molecule has 6 heteroatoms. The molecule has 1 saturated heterocycles. The van der Waals surface area contributed by atoms with Gasteiger partial charge < -0.3 is 15.4 Å². The van der Waals surface area contributed by atoms with E-state index < -0.39 is 5.41 Å². The predicted octanol–water partition coefficient (Wildman–Crippen LogP) is 1.66. The summed E-state index contributed by atoms with van der Waals surface area (Å²) in [6.07, 6.45) is 4.38. The molecule has 1 fully saturated rings. The first-order valence-corrected chi connectivity index (χ1v) is 7.47. The van der Waals surface area contributed by atoms with Crippen molar-refractivity contribution in [1.29, 1.82) is 0 Å². The minimum atomic E-state index is -0.419. The van der Waals surface area contributed by atoms with Crippen molar-refractivity contribution < 1.29 is 9.53 Å². The van der Waals surface area contributed by atoms with E-state index in [1.54, 1.807) is 18.4 Å². The van der Waals surface area contributed by atoms with Crippen LogP contribution in [0, 0.1) is 5.41 Å². The monoisotopic (exact) mass is 283 g/mol. The lowest BCUT2D eigenvalue weighted by Gasteiger charge is -2.35. The summed E-state index contributed by atoms with van der Waals surface area (Å²) in [6.45, 7) is 4.26. The van der Waals surface area contributed by atoms with Crippen LogP contribution in [0.4, 0.5) is 5.13 Å². The van der Waals surface area contributed by atoms with Crippen molar-refractivity contribution in [3.8, 4) is 0 Å². The number of amides is 1. The Hall–Kier alpha value is -0.980. The van der Waals surface area contributed by atoms with E-state index in [1.807, 2.05) is 6.20 Å². The third-order valence-corrected chi connectivity index (χ3v) is 4.64. The average molecular weight is 283 g/mol. The maximum Gasteiger partial charge on any atom is 0.234 e. The molecule has 0 saturated carbocycles. The molecule has 0 aliphatic carbocycles. The summed E-state index contributed by atoms with van der Waals surface area (Å²) in [7, 11) is 1.65. The fourth-order valence-corrected chi connectivity index (χ4v) is 3.12. The van der Waals surface area contributed by atoms with Gasteiger partial charge in [-0.15, -0.1) is 11.3 Å². The van der Waals surface area contributed by atoms with Crippen molar-refractivity contribution in [3.63, 3.8) is 0 Å². The largest absolute Gasteiger partial charge is 0.384 e. The zero-order valence-electron chi connectivity index (χ0n) is 11.5. The molecule has 1 aliphatic heterocycles. The Labute approximate surface area is 117 Å². The van der Waals surface area contributed by atoms with Gasteiger partial charge in [0.25, 0.3) is 0 Å². The second-order valence-corrected chi connectivity index (χ2v) is 6.02. The number of nitrogens with zero attached hydrogens (tertiary/aromatic N) is 1. The van der Waals surface area contributed by atoms with Crippen LogP contribution in [-0.2, 0) is 16.0 Å². The van der Waals surface area contributed by atoms with E-state index in [2.05, 4.69) is 22.5 Å². The van der Waals surface area contributed by atoms with E-state index in [-0.39, 0.29) is 5.91 Å². The predicted molar refractivity (Wildman–Crippen MR) is 76.5 cm³/mol. The molecule has 0 radical (unpaired) electrons. The van der Waals surface area contributed by atoms with Gasteiger partial charge in [-0.3, -0.25) is 4.79 Å². The summed E-state index contributed by atoms with van der Waals surface area (Å²) in [4.78, 5) is 17.9. The molecule has 5 nitrogen and oxygen atoms in total. The van der Waals surface area contributed by atoms with Gasteiger partial charge in [0.2, 0.25) is 5.91 Å². The van der Waals surface area contributed by atoms with Crippen LogP contribution in [0.15, 0.2) is 6.20 Å². The Bertz CT molecular complexity index is 422. The highest BCUT2D eigenvalue weighted by Crippen LogP contribution is 2.31. The molecule has 106 valence electrons. The first-order chi connectivity index (χ1) is 9.20. The van der Waals surface area contributed by atoms with Gasteiger partial charge in [-0.1, -0.05) is 6.92 Å². The maximum absolute atomic E-state index is 12.5. The molecule has 0 bridgehead atoms. The number of carbonyl (C=O) groups is 1. The Morgan fingerprint density at radius 2 is 2.32 bits per heavy atom. The number of piperidine rings is 1. The van der Waals surface area contributed by atoms with Crippen molar-refractivity contribution >= 4 is 22.4 Å². The highest BCUT2D eigenvalue weighted by Gasteiger charge is 2.39. The van der Waals surface area contributed by atoms with Crippen LogP contribution in [0.1, 0.15) is 24.6 Å². The number of aromatic nitrogens is 1. The van der Waals surface area contributed by atoms with Crippen LogP contribution >= 0.6 is 11.3 Å². The van der Waals surface area contributed by atoms with Gasteiger partial charge in [-0.2, -0.15) is 0 Å². The number of rotatable bonds is 5. The van der Waals surface area contributed by atoms with Crippen molar-refractivity contribution in [2.75, 3.05) is 32.1 Å². The first kappa shape index (κ1) is 14.4. The van der Waals surface area contributed by atoms with Crippen molar-refractivity contribution in [3.05, 3.63) is 11.1 Å². The molecule has 1 aromatic rings. The van der Waals surface area contributed by atoms with Crippen molar-refractivity contribution in [2.24, 2.45) is 5.41 Å². The van der Waals surface area contributed by atoms with Crippen LogP contribution in [-0.4, -0.2) is 37.7 Å². The van der Waals surface area contributed by atoms with Gasteiger partial charge in [0.1, 0.15) is 0 Å². The number of anilines is 1. The second kappa shape index (κ2) is 6.45. The molecule has 2 N–H and O–H groups in total.